The molecule has 1 N–H and O–H groups in total. The summed E-state index contributed by atoms with van der Waals surface area (Å²) in [6.45, 7) is 13.1. The van der Waals surface area contributed by atoms with E-state index in [4.69, 9.17) is 19.2 Å². The molecule has 5 heterocycles. The third-order valence-electron chi connectivity index (χ3n) is 12.2. The molecule has 0 unspecified atom stereocenters. The zero-order chi connectivity index (χ0) is 46.4. The second kappa shape index (κ2) is 20.6. The number of carbonyl (C=O) groups excluding carboxylic acids is 4. The first-order valence-electron chi connectivity index (χ1n) is 22.1. The van der Waals surface area contributed by atoms with Crippen LogP contribution in [0.25, 0.3) is 0 Å². The van der Waals surface area contributed by atoms with Crippen LogP contribution < -0.4 is 14.2 Å². The number of pyridine rings is 1. The number of fused-ring (bicyclic) bond motifs is 4. The van der Waals surface area contributed by atoms with Crippen molar-refractivity contribution in [2.75, 3.05) is 59.2 Å². The standard InChI is InChI=1S/C49H59N7O8S/c1-8-31-13-37-21-50-42-19-44(33(25-57)15-40(42)47(60)55(37)23-31)63-27-35-17-39(62-12-11-53(6)30-49(4,5)65-29-46(59)54(7)10-3)18-36(52-35)28-64-45-20-43-41(16-34(45)26-58)48(61)56-24-32(9-2)14-38(56)22-51-43/h8-9,15-22,25,37-38,58H,10-14,23-24,26-30H2,1-7H3/b31-8+,32-9+/t37-,38-/m0/s1. The molecule has 1 aromatic heterocycles. The normalized spacial score (nSPS) is 19.0. The highest BCUT2D eigenvalue weighted by atomic mass is 32.2. The first kappa shape index (κ1) is 47.1. The molecule has 65 heavy (non-hydrogen) atoms. The molecule has 4 aliphatic rings. The minimum atomic E-state index is -0.362. The van der Waals surface area contributed by atoms with Crippen molar-refractivity contribution in [1.82, 2.24) is 24.6 Å². The van der Waals surface area contributed by atoms with E-state index in [-0.39, 0.29) is 65.7 Å². The van der Waals surface area contributed by atoms with Gasteiger partial charge in [-0.3, -0.25) is 34.1 Å². The van der Waals surface area contributed by atoms with Crippen LogP contribution in [0.2, 0.25) is 0 Å². The summed E-state index contributed by atoms with van der Waals surface area (Å²) < 4.78 is 18.7. The smallest absolute Gasteiger partial charge is 0.256 e. The molecule has 15 nitrogen and oxygen atoms in total. The van der Waals surface area contributed by atoms with Gasteiger partial charge in [0, 0.05) is 86.8 Å². The van der Waals surface area contributed by atoms with Gasteiger partial charge in [-0.1, -0.05) is 23.3 Å². The largest absolute Gasteiger partial charge is 0.492 e. The molecule has 2 aromatic carbocycles. The number of aliphatic hydroxyl groups is 1. The lowest BCUT2D eigenvalue weighted by molar-refractivity contribution is -0.126. The van der Waals surface area contributed by atoms with Gasteiger partial charge in [0.15, 0.2) is 6.29 Å². The molecule has 0 radical (unpaired) electrons. The third kappa shape index (κ3) is 11.0. The Morgan fingerprint density at radius 1 is 0.862 bits per heavy atom. The fourth-order valence-electron chi connectivity index (χ4n) is 8.35. The SMILES string of the molecule is C/C=C1\C[C@H]2C=Nc3cc(OCc4cc(OCCN(C)CC(C)(C)SCC(=O)N(C)CC)cc(COc5cc6c(cc5CO)C(=O)N5C/C(=C/C)C[C@H]5C=N6)n4)c(C=O)cc3C(=O)N2C1. The van der Waals surface area contributed by atoms with Crippen LogP contribution >= 0.6 is 11.8 Å². The summed E-state index contributed by atoms with van der Waals surface area (Å²) in [5, 5.41) is 10.4. The van der Waals surface area contributed by atoms with Crippen molar-refractivity contribution in [3.8, 4) is 17.2 Å². The molecule has 0 bridgehead atoms. The minimum absolute atomic E-state index is 0.0217. The number of likely N-dealkylation sites (N-methyl/N-ethyl adjacent to an activating group) is 1. The molecular formula is C49H59N7O8S. The number of nitrogens with zero attached hydrogens (tertiary/aromatic N) is 7. The molecule has 3 aromatic rings. The second-order valence-corrected chi connectivity index (χ2v) is 19.1. The number of rotatable bonds is 18. The van der Waals surface area contributed by atoms with Gasteiger partial charge in [-0.05, 0) is 66.6 Å². The number of hydrogen-bond acceptors (Lipinski definition) is 13. The van der Waals surface area contributed by atoms with Crippen molar-refractivity contribution < 1.29 is 38.5 Å². The fourth-order valence-corrected chi connectivity index (χ4v) is 9.40. The van der Waals surface area contributed by atoms with Crippen molar-refractivity contribution in [2.45, 2.75) is 84.1 Å². The zero-order valence-electron chi connectivity index (χ0n) is 38.3. The lowest BCUT2D eigenvalue weighted by atomic mass is 10.1. The van der Waals surface area contributed by atoms with Gasteiger partial charge in [-0.2, -0.15) is 0 Å². The molecule has 0 spiro atoms. The number of benzene rings is 2. The summed E-state index contributed by atoms with van der Waals surface area (Å²) in [4.78, 5) is 73.8. The van der Waals surface area contributed by atoms with E-state index < -0.39 is 0 Å². The lowest BCUT2D eigenvalue weighted by Gasteiger charge is -2.30. The summed E-state index contributed by atoms with van der Waals surface area (Å²) in [6, 6.07) is 9.74. The Morgan fingerprint density at radius 2 is 1.43 bits per heavy atom. The molecule has 2 atom stereocenters. The molecule has 3 amide bonds. The van der Waals surface area contributed by atoms with Crippen LogP contribution in [0.4, 0.5) is 11.4 Å². The molecule has 16 heteroatoms. The molecule has 344 valence electrons. The van der Waals surface area contributed by atoms with Crippen molar-refractivity contribution in [3.63, 3.8) is 0 Å². The highest BCUT2D eigenvalue weighted by molar-refractivity contribution is 8.01. The summed E-state index contributed by atoms with van der Waals surface area (Å²) in [5.41, 5.74) is 5.60. The number of amides is 3. The lowest BCUT2D eigenvalue weighted by Crippen LogP contribution is -2.38. The highest BCUT2D eigenvalue weighted by Crippen LogP contribution is 2.37. The van der Waals surface area contributed by atoms with Crippen molar-refractivity contribution in [2.24, 2.45) is 9.98 Å². The number of ether oxygens (including phenoxy) is 3. The second-order valence-electron chi connectivity index (χ2n) is 17.4. The highest BCUT2D eigenvalue weighted by Gasteiger charge is 2.36. The number of aromatic nitrogens is 1. The third-order valence-corrected chi connectivity index (χ3v) is 13.5. The van der Waals surface area contributed by atoms with E-state index in [9.17, 15) is 24.3 Å². The van der Waals surface area contributed by atoms with Gasteiger partial charge in [0.2, 0.25) is 5.91 Å². The first-order chi connectivity index (χ1) is 31.2. The number of aliphatic imine (C=N–C) groups is 2. The molecule has 0 aliphatic carbocycles. The van der Waals surface area contributed by atoms with E-state index in [2.05, 4.69) is 28.7 Å². The van der Waals surface area contributed by atoms with Gasteiger partial charge >= 0.3 is 0 Å². The molecule has 2 saturated heterocycles. The summed E-state index contributed by atoms with van der Waals surface area (Å²) in [7, 11) is 3.83. The monoisotopic (exact) mass is 905 g/mol. The van der Waals surface area contributed by atoms with Crippen LogP contribution in [0.15, 0.2) is 69.7 Å². The minimum Gasteiger partial charge on any atom is -0.492 e. The Balaban J connectivity index is 1.09. The predicted molar refractivity (Wildman–Crippen MR) is 253 cm³/mol. The summed E-state index contributed by atoms with van der Waals surface area (Å²) in [6.07, 6.45) is 9.75. The maximum atomic E-state index is 13.7. The number of hydrogen-bond donors (Lipinski definition) is 1. The predicted octanol–water partition coefficient (Wildman–Crippen LogP) is 6.60. The van der Waals surface area contributed by atoms with Gasteiger partial charge < -0.3 is 38.9 Å². The van der Waals surface area contributed by atoms with Crippen molar-refractivity contribution >= 4 is 59.6 Å². The van der Waals surface area contributed by atoms with Gasteiger partial charge in [0.1, 0.15) is 37.1 Å². The summed E-state index contributed by atoms with van der Waals surface area (Å²) in [5.74, 6) is 1.31. The Kier molecular flexibility index (Phi) is 14.9. The van der Waals surface area contributed by atoms with E-state index in [0.29, 0.717) is 102 Å². The maximum absolute atomic E-state index is 13.7. The van der Waals surface area contributed by atoms with Crippen LogP contribution in [0.1, 0.15) is 95.5 Å². The van der Waals surface area contributed by atoms with Crippen molar-refractivity contribution in [3.05, 3.63) is 93.3 Å². The van der Waals surface area contributed by atoms with Gasteiger partial charge in [-0.25, -0.2) is 0 Å². The number of aldehydes is 1. The molecule has 2 fully saturated rings. The van der Waals surface area contributed by atoms with Gasteiger partial charge in [-0.15, -0.1) is 11.8 Å². The molecule has 0 saturated carbocycles. The Labute approximate surface area is 385 Å². The van der Waals surface area contributed by atoms with Crippen LogP contribution in [0.3, 0.4) is 0 Å². The topological polar surface area (TPSA) is 167 Å². The average Bonchev–Trinajstić information content (AvgIpc) is 3.87. The van der Waals surface area contributed by atoms with Crippen LogP contribution in [-0.2, 0) is 24.6 Å². The summed E-state index contributed by atoms with van der Waals surface area (Å²) >= 11 is 1.63. The maximum Gasteiger partial charge on any atom is 0.256 e. The fraction of sp³-hybridized carbons (Fsp3) is 0.449. The van der Waals surface area contributed by atoms with Crippen LogP contribution in [-0.4, -0.2) is 142 Å². The molecule has 4 aliphatic heterocycles. The number of aliphatic hydroxyl groups excluding tert-OH is 1. The Bertz CT molecular complexity index is 2450. The van der Waals surface area contributed by atoms with E-state index in [1.807, 2.05) is 47.0 Å². The van der Waals surface area contributed by atoms with E-state index in [1.54, 1.807) is 69.2 Å². The zero-order valence-corrected chi connectivity index (χ0v) is 39.2. The van der Waals surface area contributed by atoms with Crippen LogP contribution in [0, 0.1) is 0 Å². The Hall–Kier alpha value is -5.84. The molecule has 7 rings (SSSR count). The average molecular weight is 906 g/mol. The Morgan fingerprint density at radius 3 is 1.98 bits per heavy atom. The van der Waals surface area contributed by atoms with E-state index >= 15 is 0 Å². The van der Waals surface area contributed by atoms with E-state index in [1.165, 1.54) is 11.6 Å². The van der Waals surface area contributed by atoms with Crippen LogP contribution in [0.5, 0.6) is 17.2 Å². The van der Waals surface area contributed by atoms with Crippen molar-refractivity contribution in [1.29, 1.82) is 0 Å². The number of thioether (sulfide) groups is 1. The van der Waals surface area contributed by atoms with Gasteiger partial charge in [0.05, 0.1) is 63.9 Å². The number of allylic oxidation sites excluding steroid dienone is 2. The number of carbonyl (C=O) groups is 4. The van der Waals surface area contributed by atoms with Gasteiger partial charge in [0.25, 0.3) is 11.8 Å². The first-order valence-corrected chi connectivity index (χ1v) is 23.1. The quantitative estimate of drug-likeness (QED) is 0.108. The van der Waals surface area contributed by atoms with E-state index in [0.717, 1.165) is 18.5 Å². The molecular weight excluding hydrogens is 847 g/mol.